The SMILES string of the molecule is N#CC1=NO[C@](C#N)([N+](=O)[O-])C12CCCC2. The first-order valence-corrected chi connectivity index (χ1v) is 4.85. The molecular weight excluding hydrogens is 212 g/mol. The van der Waals surface area contributed by atoms with Crippen molar-refractivity contribution in [1.29, 1.82) is 10.5 Å². The largest absolute Gasteiger partial charge is 0.482 e. The van der Waals surface area contributed by atoms with Gasteiger partial charge < -0.3 is 4.84 Å². The van der Waals surface area contributed by atoms with Crippen LogP contribution >= 0.6 is 0 Å². The molecule has 82 valence electrons. The molecule has 1 aliphatic heterocycles. The van der Waals surface area contributed by atoms with Gasteiger partial charge in [-0.25, -0.2) is 0 Å². The molecule has 1 fully saturated rings. The summed E-state index contributed by atoms with van der Waals surface area (Å²) in [5, 5.41) is 32.4. The average Bonchev–Trinajstić information content (AvgIpc) is 2.86. The van der Waals surface area contributed by atoms with Crippen LogP contribution in [0.2, 0.25) is 0 Å². The molecule has 0 unspecified atom stereocenters. The molecule has 1 heterocycles. The Kier molecular flexibility index (Phi) is 2.06. The first-order chi connectivity index (χ1) is 7.63. The fourth-order valence-corrected chi connectivity index (χ4v) is 2.50. The molecule has 2 aliphatic rings. The maximum absolute atomic E-state index is 11.1. The van der Waals surface area contributed by atoms with Gasteiger partial charge in [0, 0.05) is 0 Å². The van der Waals surface area contributed by atoms with E-state index in [1.165, 1.54) is 0 Å². The molecule has 0 bridgehead atoms. The van der Waals surface area contributed by atoms with Crippen LogP contribution in [0.4, 0.5) is 0 Å². The summed E-state index contributed by atoms with van der Waals surface area (Å²) in [5.41, 5.74) is -3.39. The van der Waals surface area contributed by atoms with Gasteiger partial charge in [-0.1, -0.05) is 18.0 Å². The van der Waals surface area contributed by atoms with E-state index < -0.39 is 16.1 Å². The standard InChI is InChI=1S/C9H8N4O3/c10-5-7-8(3-1-2-4-8)9(6-11,13(14)15)16-12-7/h1-4H2/t9-/m0/s1. The Morgan fingerprint density at radius 1 is 1.44 bits per heavy atom. The third kappa shape index (κ3) is 0.924. The summed E-state index contributed by atoms with van der Waals surface area (Å²) in [6.45, 7) is 0. The Balaban J connectivity index is 2.57. The van der Waals surface area contributed by atoms with Crippen LogP contribution < -0.4 is 0 Å². The first-order valence-electron chi connectivity index (χ1n) is 4.85. The van der Waals surface area contributed by atoms with Gasteiger partial charge in [0.05, 0.1) is 4.92 Å². The molecule has 0 aromatic carbocycles. The van der Waals surface area contributed by atoms with E-state index in [4.69, 9.17) is 15.4 Å². The highest BCUT2D eigenvalue weighted by molar-refractivity contribution is 6.04. The third-order valence-corrected chi connectivity index (χ3v) is 3.34. The van der Waals surface area contributed by atoms with Gasteiger partial charge in [0.25, 0.3) is 0 Å². The van der Waals surface area contributed by atoms with Gasteiger partial charge in [0.2, 0.25) is 0 Å². The minimum absolute atomic E-state index is 0.0248. The average molecular weight is 220 g/mol. The quantitative estimate of drug-likeness (QED) is 0.482. The van der Waals surface area contributed by atoms with Crippen LogP contribution in [0.3, 0.4) is 0 Å². The normalized spacial score (nSPS) is 30.2. The summed E-state index contributed by atoms with van der Waals surface area (Å²) in [7, 11) is 0. The van der Waals surface area contributed by atoms with E-state index in [9.17, 15) is 10.1 Å². The number of oxime groups is 1. The monoisotopic (exact) mass is 220 g/mol. The highest BCUT2D eigenvalue weighted by atomic mass is 16.7. The van der Waals surface area contributed by atoms with Crippen molar-refractivity contribution in [2.24, 2.45) is 10.6 Å². The summed E-state index contributed by atoms with van der Waals surface area (Å²) < 4.78 is 0. The molecule has 0 radical (unpaired) electrons. The van der Waals surface area contributed by atoms with Crippen molar-refractivity contribution in [3.8, 4) is 12.1 Å². The van der Waals surface area contributed by atoms with Gasteiger partial charge in [-0.2, -0.15) is 10.5 Å². The van der Waals surface area contributed by atoms with Gasteiger partial charge in [-0.15, -0.1) is 0 Å². The van der Waals surface area contributed by atoms with Gasteiger partial charge in [0.15, 0.2) is 17.2 Å². The van der Waals surface area contributed by atoms with Crippen LogP contribution in [-0.4, -0.2) is 16.4 Å². The van der Waals surface area contributed by atoms with E-state index in [1.54, 1.807) is 6.07 Å². The zero-order valence-corrected chi connectivity index (χ0v) is 8.34. The van der Waals surface area contributed by atoms with Crippen LogP contribution in [0.1, 0.15) is 25.7 Å². The second-order valence-corrected chi connectivity index (χ2v) is 3.95. The second kappa shape index (κ2) is 3.17. The molecule has 16 heavy (non-hydrogen) atoms. The minimum Gasteiger partial charge on any atom is -0.303 e. The topological polar surface area (TPSA) is 112 Å². The van der Waals surface area contributed by atoms with E-state index >= 15 is 0 Å². The molecule has 1 saturated carbocycles. The summed E-state index contributed by atoms with van der Waals surface area (Å²) in [6.07, 6.45) is 2.27. The number of nitrogens with zero attached hydrogens (tertiary/aromatic N) is 4. The van der Waals surface area contributed by atoms with Crippen molar-refractivity contribution in [1.82, 2.24) is 0 Å². The van der Waals surface area contributed by atoms with Crippen molar-refractivity contribution < 1.29 is 9.76 Å². The van der Waals surface area contributed by atoms with Crippen molar-refractivity contribution in [2.45, 2.75) is 31.4 Å². The fourth-order valence-electron chi connectivity index (χ4n) is 2.50. The van der Waals surface area contributed by atoms with Crippen molar-refractivity contribution >= 4 is 5.71 Å². The zero-order chi connectivity index (χ0) is 11.8. The molecule has 0 N–H and O–H groups in total. The highest BCUT2D eigenvalue weighted by Gasteiger charge is 2.73. The highest BCUT2D eigenvalue weighted by Crippen LogP contribution is 2.52. The number of hydrogen-bond acceptors (Lipinski definition) is 6. The molecule has 1 atom stereocenters. The number of hydrogen-bond donors (Lipinski definition) is 0. The Bertz CT molecular complexity index is 452. The molecule has 2 rings (SSSR count). The number of nitriles is 2. The maximum atomic E-state index is 11.1. The van der Waals surface area contributed by atoms with Gasteiger partial charge in [-0.05, 0) is 12.8 Å². The molecule has 0 saturated heterocycles. The Hall–Kier alpha value is -2.15. The minimum atomic E-state index is -2.21. The van der Waals surface area contributed by atoms with Gasteiger partial charge >= 0.3 is 5.72 Å². The summed E-state index contributed by atoms with van der Waals surface area (Å²) in [4.78, 5) is 15.0. The number of nitro groups is 1. The molecule has 7 heteroatoms. The smallest absolute Gasteiger partial charge is 0.303 e. The molecule has 0 amide bonds. The molecule has 1 aliphatic carbocycles. The fraction of sp³-hybridized carbons (Fsp3) is 0.667. The van der Waals surface area contributed by atoms with E-state index in [0.29, 0.717) is 12.8 Å². The molecule has 0 aromatic heterocycles. The lowest BCUT2D eigenvalue weighted by Crippen LogP contribution is -2.53. The lowest BCUT2D eigenvalue weighted by molar-refractivity contribution is -0.623. The molecule has 0 aromatic rings. The predicted octanol–water partition coefficient (Wildman–Crippen LogP) is 0.953. The molecular formula is C9H8N4O3. The Morgan fingerprint density at radius 3 is 2.50 bits per heavy atom. The summed E-state index contributed by atoms with van der Waals surface area (Å²) >= 11 is 0. The number of rotatable bonds is 1. The Morgan fingerprint density at radius 2 is 2.06 bits per heavy atom. The van der Waals surface area contributed by atoms with Gasteiger partial charge in [-0.3, -0.25) is 10.1 Å². The van der Waals surface area contributed by atoms with E-state index in [0.717, 1.165) is 12.8 Å². The van der Waals surface area contributed by atoms with E-state index in [1.807, 2.05) is 6.07 Å². The van der Waals surface area contributed by atoms with E-state index in [-0.39, 0.29) is 5.71 Å². The van der Waals surface area contributed by atoms with Gasteiger partial charge in [0.1, 0.15) is 6.07 Å². The van der Waals surface area contributed by atoms with E-state index in [2.05, 4.69) is 5.16 Å². The maximum Gasteiger partial charge on any atom is 0.482 e. The molecule has 1 spiro atoms. The second-order valence-electron chi connectivity index (χ2n) is 3.95. The summed E-state index contributed by atoms with van der Waals surface area (Å²) in [5.74, 6) is 0. The van der Waals surface area contributed by atoms with Crippen molar-refractivity contribution in [3.63, 3.8) is 0 Å². The van der Waals surface area contributed by atoms with Crippen LogP contribution in [0.15, 0.2) is 5.16 Å². The van der Waals surface area contributed by atoms with Crippen molar-refractivity contribution in [2.75, 3.05) is 0 Å². The first kappa shape index (κ1) is 10.4. The Labute approximate surface area is 91.0 Å². The van der Waals surface area contributed by atoms with Crippen LogP contribution in [0.25, 0.3) is 0 Å². The molecule has 7 nitrogen and oxygen atoms in total. The van der Waals surface area contributed by atoms with Crippen molar-refractivity contribution in [3.05, 3.63) is 10.1 Å². The zero-order valence-electron chi connectivity index (χ0n) is 8.34. The van der Waals surface area contributed by atoms with Crippen LogP contribution in [-0.2, 0) is 4.84 Å². The van der Waals surface area contributed by atoms with Crippen LogP contribution in [0, 0.1) is 38.2 Å². The van der Waals surface area contributed by atoms with Crippen LogP contribution in [0.5, 0.6) is 0 Å². The lowest BCUT2D eigenvalue weighted by atomic mass is 9.73. The third-order valence-electron chi connectivity index (χ3n) is 3.34. The predicted molar refractivity (Wildman–Crippen MR) is 50.4 cm³/mol. The lowest BCUT2D eigenvalue weighted by Gasteiger charge is -2.26. The summed E-state index contributed by atoms with van der Waals surface area (Å²) in [6, 6.07) is 3.40.